The maximum atomic E-state index is 10.3. The average Bonchev–Trinajstić information content (AvgIpc) is 2.48. The number of aryl methyl sites for hydroxylation is 1. The van der Waals surface area contributed by atoms with E-state index in [-0.39, 0.29) is 12.5 Å². The molecule has 0 aromatic heterocycles. The summed E-state index contributed by atoms with van der Waals surface area (Å²) in [6, 6.07) is 6.29. The van der Waals surface area contributed by atoms with Gasteiger partial charge in [-0.25, -0.2) is 0 Å². The van der Waals surface area contributed by atoms with Crippen LogP contribution in [0.1, 0.15) is 56.6 Å². The minimum Gasteiger partial charge on any atom is -0.508 e. The lowest BCUT2D eigenvalue weighted by Gasteiger charge is -2.41. The fourth-order valence-electron chi connectivity index (χ4n) is 3.87. The summed E-state index contributed by atoms with van der Waals surface area (Å²) < 4.78 is 0. The van der Waals surface area contributed by atoms with Crippen LogP contribution >= 0.6 is 0 Å². The molecule has 21 heavy (non-hydrogen) atoms. The first kappa shape index (κ1) is 16.3. The summed E-state index contributed by atoms with van der Waals surface area (Å²) in [6.45, 7) is 6.82. The van der Waals surface area contributed by atoms with E-state index in [0.717, 1.165) is 50.8 Å². The number of hydrogen-bond acceptors (Lipinski definition) is 3. The van der Waals surface area contributed by atoms with Gasteiger partial charge in [0, 0.05) is 24.1 Å². The van der Waals surface area contributed by atoms with Gasteiger partial charge in [0.2, 0.25) is 0 Å². The second kappa shape index (κ2) is 7.81. The van der Waals surface area contributed by atoms with Crippen molar-refractivity contribution in [1.82, 2.24) is 4.90 Å². The van der Waals surface area contributed by atoms with Crippen LogP contribution in [0.5, 0.6) is 5.75 Å². The minimum absolute atomic E-state index is 0.182. The van der Waals surface area contributed by atoms with Crippen LogP contribution in [0.15, 0.2) is 18.2 Å². The van der Waals surface area contributed by atoms with Gasteiger partial charge in [0.05, 0.1) is 0 Å². The number of aliphatic hydroxyl groups is 1. The molecule has 1 aromatic carbocycles. The van der Waals surface area contributed by atoms with Gasteiger partial charge in [-0.3, -0.25) is 4.90 Å². The Morgan fingerprint density at radius 1 is 1.19 bits per heavy atom. The summed E-state index contributed by atoms with van der Waals surface area (Å²) >= 11 is 0. The predicted molar refractivity (Wildman–Crippen MR) is 86.8 cm³/mol. The summed E-state index contributed by atoms with van der Waals surface area (Å²) in [6.07, 6.45) is 5.19. The Labute approximate surface area is 128 Å². The molecule has 1 aliphatic rings. The maximum Gasteiger partial charge on any atom is 0.119 e. The predicted octanol–water partition coefficient (Wildman–Crippen LogP) is 3.30. The van der Waals surface area contributed by atoms with Gasteiger partial charge >= 0.3 is 0 Å². The number of hydrogen-bond donors (Lipinski definition) is 2. The zero-order valence-electron chi connectivity index (χ0n) is 13.4. The smallest absolute Gasteiger partial charge is 0.119 e. The first-order valence-corrected chi connectivity index (χ1v) is 8.38. The molecule has 2 rings (SSSR count). The van der Waals surface area contributed by atoms with Crippen molar-refractivity contribution in [1.29, 1.82) is 0 Å². The lowest BCUT2D eigenvalue weighted by Crippen LogP contribution is -2.43. The Hall–Kier alpha value is -1.06. The van der Waals surface area contributed by atoms with Crippen molar-refractivity contribution in [3.8, 4) is 5.75 Å². The van der Waals surface area contributed by atoms with E-state index in [0.29, 0.717) is 11.8 Å². The lowest BCUT2D eigenvalue weighted by atomic mass is 9.76. The zero-order valence-corrected chi connectivity index (χ0v) is 13.4. The number of benzene rings is 1. The molecule has 0 spiro atoms. The van der Waals surface area contributed by atoms with Gasteiger partial charge in [0.15, 0.2) is 0 Å². The van der Waals surface area contributed by atoms with E-state index in [4.69, 9.17) is 0 Å². The monoisotopic (exact) mass is 291 g/mol. The molecule has 1 aromatic rings. The highest BCUT2D eigenvalue weighted by molar-refractivity contribution is 5.44. The van der Waals surface area contributed by atoms with Gasteiger partial charge in [0.25, 0.3) is 0 Å². The Balaban J connectivity index is 2.32. The van der Waals surface area contributed by atoms with E-state index in [1.807, 2.05) is 6.07 Å². The quantitative estimate of drug-likeness (QED) is 0.810. The highest BCUT2D eigenvalue weighted by Gasteiger charge is 2.34. The fraction of sp³-hybridized carbons (Fsp3) is 0.667. The van der Waals surface area contributed by atoms with E-state index in [1.165, 1.54) is 5.56 Å². The summed E-state index contributed by atoms with van der Waals surface area (Å²) in [5, 5.41) is 19.8. The molecule has 118 valence electrons. The molecule has 0 heterocycles. The normalized spacial score (nSPS) is 21.5. The van der Waals surface area contributed by atoms with Crippen LogP contribution in [0.4, 0.5) is 0 Å². The highest BCUT2D eigenvalue weighted by atomic mass is 16.3. The van der Waals surface area contributed by atoms with Crippen LogP contribution in [0.3, 0.4) is 0 Å². The SMILES string of the molecule is CCCN(CCC)C1CCc2cccc(O)c2C1CCO. The van der Waals surface area contributed by atoms with Gasteiger partial charge in [-0.05, 0) is 56.8 Å². The molecule has 0 fully saturated rings. The topological polar surface area (TPSA) is 43.7 Å². The zero-order chi connectivity index (χ0) is 15.2. The van der Waals surface area contributed by atoms with Crippen molar-refractivity contribution in [3.05, 3.63) is 29.3 Å². The third-order valence-corrected chi connectivity index (χ3v) is 4.65. The first-order chi connectivity index (χ1) is 10.2. The Morgan fingerprint density at radius 3 is 2.52 bits per heavy atom. The fourth-order valence-corrected chi connectivity index (χ4v) is 3.87. The van der Waals surface area contributed by atoms with Crippen LogP contribution in [-0.4, -0.2) is 40.9 Å². The minimum atomic E-state index is 0.182. The van der Waals surface area contributed by atoms with E-state index in [9.17, 15) is 10.2 Å². The molecular weight excluding hydrogens is 262 g/mol. The van der Waals surface area contributed by atoms with E-state index >= 15 is 0 Å². The number of fused-ring (bicyclic) bond motifs is 1. The van der Waals surface area contributed by atoms with Crippen molar-refractivity contribution in [2.45, 2.75) is 57.9 Å². The maximum absolute atomic E-state index is 10.3. The van der Waals surface area contributed by atoms with Gasteiger partial charge in [0.1, 0.15) is 5.75 Å². The van der Waals surface area contributed by atoms with Crippen molar-refractivity contribution in [2.75, 3.05) is 19.7 Å². The molecule has 3 nitrogen and oxygen atoms in total. The molecule has 2 atom stereocenters. The molecule has 0 saturated heterocycles. The van der Waals surface area contributed by atoms with Crippen LogP contribution < -0.4 is 0 Å². The number of rotatable bonds is 7. The Bertz CT molecular complexity index is 441. The third kappa shape index (κ3) is 3.58. The molecule has 3 heteroatoms. The standard InChI is InChI=1S/C18H29NO2/c1-3-11-19(12-4-2)16-9-8-14-6-5-7-17(21)18(14)15(16)10-13-20/h5-7,15-16,20-21H,3-4,8-13H2,1-2H3. The molecule has 1 aliphatic carbocycles. The average molecular weight is 291 g/mol. The second-order valence-electron chi connectivity index (χ2n) is 6.11. The molecular formula is C18H29NO2. The van der Waals surface area contributed by atoms with E-state index < -0.39 is 0 Å². The molecule has 2 N–H and O–H groups in total. The van der Waals surface area contributed by atoms with Gasteiger partial charge in [-0.15, -0.1) is 0 Å². The van der Waals surface area contributed by atoms with Crippen molar-refractivity contribution >= 4 is 0 Å². The molecule has 2 unspecified atom stereocenters. The molecule has 0 saturated carbocycles. The second-order valence-corrected chi connectivity index (χ2v) is 6.11. The first-order valence-electron chi connectivity index (χ1n) is 8.38. The summed E-state index contributed by atoms with van der Waals surface area (Å²) in [5.41, 5.74) is 2.35. The van der Waals surface area contributed by atoms with Crippen LogP contribution in [0.2, 0.25) is 0 Å². The number of nitrogens with zero attached hydrogens (tertiary/aromatic N) is 1. The largest absolute Gasteiger partial charge is 0.508 e. The molecule has 0 amide bonds. The third-order valence-electron chi connectivity index (χ3n) is 4.65. The van der Waals surface area contributed by atoms with Crippen LogP contribution in [0.25, 0.3) is 0 Å². The summed E-state index contributed by atoms with van der Waals surface area (Å²) in [5.74, 6) is 0.654. The number of phenolic OH excluding ortho intramolecular Hbond substituents is 1. The van der Waals surface area contributed by atoms with Crippen LogP contribution in [0, 0.1) is 0 Å². The van der Waals surface area contributed by atoms with Crippen LogP contribution in [-0.2, 0) is 6.42 Å². The summed E-state index contributed by atoms with van der Waals surface area (Å²) in [7, 11) is 0. The van der Waals surface area contributed by atoms with Gasteiger partial charge < -0.3 is 10.2 Å². The highest BCUT2D eigenvalue weighted by Crippen LogP contribution is 2.41. The molecule has 0 radical (unpaired) electrons. The van der Waals surface area contributed by atoms with Gasteiger partial charge in [-0.2, -0.15) is 0 Å². The van der Waals surface area contributed by atoms with Crippen molar-refractivity contribution in [2.24, 2.45) is 0 Å². The summed E-state index contributed by atoms with van der Waals surface area (Å²) in [4.78, 5) is 2.57. The Kier molecular flexibility index (Phi) is 6.07. The van der Waals surface area contributed by atoms with Crippen molar-refractivity contribution < 1.29 is 10.2 Å². The number of aliphatic hydroxyl groups excluding tert-OH is 1. The number of phenols is 1. The Morgan fingerprint density at radius 2 is 1.90 bits per heavy atom. The van der Waals surface area contributed by atoms with Gasteiger partial charge in [-0.1, -0.05) is 26.0 Å². The molecule has 0 aliphatic heterocycles. The van der Waals surface area contributed by atoms with Crippen molar-refractivity contribution in [3.63, 3.8) is 0 Å². The number of aromatic hydroxyl groups is 1. The van der Waals surface area contributed by atoms with E-state index in [1.54, 1.807) is 6.07 Å². The lowest BCUT2D eigenvalue weighted by molar-refractivity contribution is 0.136. The molecule has 0 bridgehead atoms. The van der Waals surface area contributed by atoms with E-state index in [2.05, 4.69) is 24.8 Å².